The van der Waals surface area contributed by atoms with E-state index >= 15 is 0 Å². The number of thiophene rings is 1. The van der Waals surface area contributed by atoms with Gasteiger partial charge in [0.15, 0.2) is 0 Å². The molecule has 1 heterocycles. The Morgan fingerprint density at radius 1 is 1.31 bits per heavy atom. The molecule has 1 aromatic heterocycles. The van der Waals surface area contributed by atoms with Gasteiger partial charge in [-0.25, -0.2) is 0 Å². The lowest BCUT2D eigenvalue weighted by Crippen LogP contribution is -1.98. The Morgan fingerprint density at radius 3 is 3.00 bits per heavy atom. The van der Waals surface area contributed by atoms with Crippen molar-refractivity contribution in [1.29, 1.82) is 0 Å². The van der Waals surface area contributed by atoms with Gasteiger partial charge in [0.25, 0.3) is 0 Å². The van der Waals surface area contributed by atoms with Crippen molar-refractivity contribution in [3.63, 3.8) is 0 Å². The molecule has 2 aliphatic rings. The van der Waals surface area contributed by atoms with Gasteiger partial charge in [0, 0.05) is 11.3 Å². The predicted molar refractivity (Wildman–Crippen MR) is 68.3 cm³/mol. The van der Waals surface area contributed by atoms with Crippen LogP contribution in [0, 0.1) is 0 Å². The smallest absolute Gasteiger partial charge is 0.0961 e. The zero-order chi connectivity index (χ0) is 11.0. The first-order valence-corrected chi connectivity index (χ1v) is 6.47. The molecule has 3 rings (SSSR count). The van der Waals surface area contributed by atoms with Gasteiger partial charge in [-0.1, -0.05) is 12.1 Å². The number of hydrogen-bond acceptors (Lipinski definition) is 2. The zero-order valence-electron chi connectivity index (χ0n) is 9.32. The number of ether oxygens (including phenoxy) is 1. The van der Waals surface area contributed by atoms with Crippen molar-refractivity contribution < 1.29 is 4.74 Å². The van der Waals surface area contributed by atoms with Gasteiger partial charge in [0.1, 0.15) is 0 Å². The second-order valence-electron chi connectivity index (χ2n) is 4.12. The molecule has 0 radical (unpaired) electrons. The molecule has 0 unspecified atom stereocenters. The second kappa shape index (κ2) is 3.95. The van der Waals surface area contributed by atoms with Crippen molar-refractivity contribution >= 4 is 16.9 Å². The highest BCUT2D eigenvalue weighted by Gasteiger charge is 2.22. The average molecular weight is 230 g/mol. The first-order chi connectivity index (χ1) is 7.88. The molecule has 1 aromatic rings. The molecule has 0 fully saturated rings. The summed E-state index contributed by atoms with van der Waals surface area (Å²) in [4.78, 5) is 1.40. The Labute approximate surface area is 99.8 Å². The van der Waals surface area contributed by atoms with Crippen molar-refractivity contribution in [2.45, 2.75) is 19.3 Å². The van der Waals surface area contributed by atoms with Gasteiger partial charge in [-0.2, -0.15) is 0 Å². The molecular formula is C14H14OS. The van der Waals surface area contributed by atoms with Crippen molar-refractivity contribution in [3.8, 4) is 0 Å². The van der Waals surface area contributed by atoms with Crippen LogP contribution in [-0.4, -0.2) is 7.11 Å². The Morgan fingerprint density at radius 2 is 2.25 bits per heavy atom. The van der Waals surface area contributed by atoms with Gasteiger partial charge in [-0.15, -0.1) is 11.3 Å². The van der Waals surface area contributed by atoms with E-state index in [4.69, 9.17) is 4.74 Å². The second-order valence-corrected chi connectivity index (χ2v) is 5.07. The van der Waals surface area contributed by atoms with Gasteiger partial charge in [-0.05, 0) is 47.1 Å². The van der Waals surface area contributed by atoms with Crippen LogP contribution in [0.4, 0.5) is 0 Å². The molecule has 1 nitrogen and oxygen atoms in total. The van der Waals surface area contributed by atoms with Crippen LogP contribution >= 0.6 is 11.3 Å². The minimum Gasteiger partial charge on any atom is -0.501 e. The van der Waals surface area contributed by atoms with Crippen LogP contribution < -0.4 is 0 Å². The number of allylic oxidation sites excluding steroid dienone is 6. The highest BCUT2D eigenvalue weighted by molar-refractivity contribution is 7.11. The number of rotatable bonds is 2. The van der Waals surface area contributed by atoms with E-state index in [1.807, 2.05) is 11.3 Å². The van der Waals surface area contributed by atoms with Crippen LogP contribution in [0.15, 0.2) is 46.6 Å². The van der Waals surface area contributed by atoms with Gasteiger partial charge in [0.2, 0.25) is 0 Å². The van der Waals surface area contributed by atoms with E-state index in [2.05, 4.69) is 29.7 Å². The fourth-order valence-corrected chi connectivity index (χ4v) is 3.22. The zero-order valence-corrected chi connectivity index (χ0v) is 10.1. The molecule has 0 aliphatic heterocycles. The first kappa shape index (κ1) is 9.91. The molecule has 0 amide bonds. The Bertz CT molecular complexity index is 489. The Balaban J connectivity index is 1.96. The molecule has 0 aromatic carbocycles. The maximum absolute atomic E-state index is 5.33. The fourth-order valence-electron chi connectivity index (χ4n) is 2.43. The summed E-state index contributed by atoms with van der Waals surface area (Å²) in [7, 11) is 1.76. The van der Waals surface area contributed by atoms with Crippen LogP contribution in [0.1, 0.15) is 24.1 Å². The third-order valence-electron chi connectivity index (χ3n) is 3.24. The van der Waals surface area contributed by atoms with Gasteiger partial charge in [-0.3, -0.25) is 0 Å². The molecule has 2 aliphatic carbocycles. The van der Waals surface area contributed by atoms with Crippen molar-refractivity contribution in [2.24, 2.45) is 0 Å². The molecule has 0 atom stereocenters. The standard InChI is InChI=1S/C14H14OS/c1-15-11-5-7-12-10(9-11)4-6-13(12)14-3-2-8-16-14/h2-3,6,8-9H,4-5,7H2,1H3. The third kappa shape index (κ3) is 1.54. The van der Waals surface area contributed by atoms with Crippen LogP contribution in [0.5, 0.6) is 0 Å². The molecule has 0 saturated heterocycles. The summed E-state index contributed by atoms with van der Waals surface area (Å²) >= 11 is 1.83. The molecule has 0 saturated carbocycles. The summed E-state index contributed by atoms with van der Waals surface area (Å²) in [6, 6.07) is 4.33. The van der Waals surface area contributed by atoms with Crippen molar-refractivity contribution in [3.05, 3.63) is 51.4 Å². The lowest BCUT2D eigenvalue weighted by atomic mass is 9.94. The highest BCUT2D eigenvalue weighted by atomic mass is 32.1. The normalized spacial score (nSPS) is 19.3. The number of hydrogen-bond donors (Lipinski definition) is 0. The van der Waals surface area contributed by atoms with Crippen molar-refractivity contribution in [2.75, 3.05) is 7.11 Å². The van der Waals surface area contributed by atoms with E-state index in [-0.39, 0.29) is 0 Å². The maximum atomic E-state index is 5.33. The Kier molecular flexibility index (Phi) is 2.44. The summed E-state index contributed by atoms with van der Waals surface area (Å²) in [5.41, 5.74) is 4.44. The summed E-state index contributed by atoms with van der Waals surface area (Å²) in [5, 5.41) is 2.15. The molecule has 0 spiro atoms. The fraction of sp³-hybridized carbons (Fsp3) is 0.286. The van der Waals surface area contributed by atoms with Crippen molar-refractivity contribution in [1.82, 2.24) is 0 Å². The molecule has 2 heteroatoms. The van der Waals surface area contributed by atoms with Gasteiger partial charge in [0.05, 0.1) is 12.9 Å². The summed E-state index contributed by atoms with van der Waals surface area (Å²) in [6.07, 6.45) is 7.80. The lowest BCUT2D eigenvalue weighted by Gasteiger charge is -2.16. The third-order valence-corrected chi connectivity index (χ3v) is 4.15. The summed E-state index contributed by atoms with van der Waals surface area (Å²) < 4.78 is 5.33. The monoisotopic (exact) mass is 230 g/mol. The largest absolute Gasteiger partial charge is 0.501 e. The molecule has 0 bridgehead atoms. The van der Waals surface area contributed by atoms with Crippen LogP contribution in [0.25, 0.3) is 5.57 Å². The first-order valence-electron chi connectivity index (χ1n) is 5.59. The Hall–Kier alpha value is -1.28. The highest BCUT2D eigenvalue weighted by Crippen LogP contribution is 2.42. The van der Waals surface area contributed by atoms with Crippen LogP contribution in [-0.2, 0) is 4.74 Å². The van der Waals surface area contributed by atoms with Crippen LogP contribution in [0.3, 0.4) is 0 Å². The number of methoxy groups -OCH3 is 1. The minimum atomic E-state index is 1.04. The van der Waals surface area contributed by atoms with Gasteiger partial charge >= 0.3 is 0 Å². The maximum Gasteiger partial charge on any atom is 0.0961 e. The van der Waals surface area contributed by atoms with E-state index in [0.29, 0.717) is 0 Å². The SMILES string of the molecule is COC1=CC2=C(CC1)C(c1cccs1)=CC2. The predicted octanol–water partition coefficient (Wildman–Crippen LogP) is 4.16. The lowest BCUT2D eigenvalue weighted by molar-refractivity contribution is 0.275. The van der Waals surface area contributed by atoms with E-state index in [1.54, 1.807) is 7.11 Å². The van der Waals surface area contributed by atoms with Crippen LogP contribution in [0.2, 0.25) is 0 Å². The summed E-state index contributed by atoms with van der Waals surface area (Å²) in [6.45, 7) is 0. The minimum absolute atomic E-state index is 1.04. The quantitative estimate of drug-likeness (QED) is 0.741. The van der Waals surface area contributed by atoms with E-state index in [0.717, 1.165) is 25.0 Å². The molecule has 82 valence electrons. The molecular weight excluding hydrogens is 216 g/mol. The van der Waals surface area contributed by atoms with E-state index in [1.165, 1.54) is 21.6 Å². The molecule has 16 heavy (non-hydrogen) atoms. The molecule has 0 N–H and O–H groups in total. The summed E-state index contributed by atoms with van der Waals surface area (Å²) in [5.74, 6) is 1.12. The average Bonchev–Trinajstić information content (AvgIpc) is 2.96. The van der Waals surface area contributed by atoms with Gasteiger partial charge < -0.3 is 4.74 Å². The van der Waals surface area contributed by atoms with E-state index < -0.39 is 0 Å². The topological polar surface area (TPSA) is 9.23 Å². The van der Waals surface area contributed by atoms with E-state index in [9.17, 15) is 0 Å².